The minimum absolute atomic E-state index is 0.308. The van der Waals surface area contributed by atoms with E-state index >= 15 is 0 Å². The Kier molecular flexibility index (Phi) is 3.90. The second-order valence-corrected chi connectivity index (χ2v) is 6.14. The van der Waals surface area contributed by atoms with E-state index in [0.29, 0.717) is 12.8 Å². The predicted octanol–water partition coefficient (Wildman–Crippen LogP) is 2.87. The van der Waals surface area contributed by atoms with Gasteiger partial charge in [0, 0.05) is 6.92 Å². The molecule has 116 valence electrons. The molecule has 0 aromatic carbocycles. The van der Waals surface area contributed by atoms with Crippen LogP contribution in [0, 0.1) is 56.2 Å². The average molecular weight is 300 g/mol. The number of nitrogens with zero attached hydrogens (tertiary/aromatic N) is 3. The molecule has 0 radical (unpaired) electrons. The first-order valence-corrected chi connectivity index (χ1v) is 7.62. The van der Waals surface area contributed by atoms with E-state index in [-0.39, 0.29) is 5.90 Å². The van der Waals surface area contributed by atoms with Crippen molar-refractivity contribution in [1.82, 2.24) is 0 Å². The number of ether oxygens (including phenoxy) is 2. The molecule has 3 fully saturated rings. The largest absolute Gasteiger partial charge is 0.448 e. The third-order valence-corrected chi connectivity index (χ3v) is 4.96. The average Bonchev–Trinajstić information content (AvgIpc) is 2.49. The van der Waals surface area contributed by atoms with Crippen molar-refractivity contribution >= 4 is 5.90 Å². The van der Waals surface area contributed by atoms with E-state index in [1.54, 1.807) is 6.92 Å². The van der Waals surface area contributed by atoms with Crippen molar-refractivity contribution in [2.24, 2.45) is 16.7 Å². The Labute approximate surface area is 130 Å². The van der Waals surface area contributed by atoms with Gasteiger partial charge in [0.1, 0.15) is 0 Å². The number of rotatable bonds is 4. The third kappa shape index (κ3) is 1.64. The molecule has 0 unspecified atom stereocenters. The highest BCUT2D eigenvalue weighted by Crippen LogP contribution is 2.63. The van der Waals surface area contributed by atoms with Crippen LogP contribution < -0.4 is 0 Å². The summed E-state index contributed by atoms with van der Waals surface area (Å²) < 4.78 is 11.6. The maximum atomic E-state index is 9.85. The Hall–Kier alpha value is -2.10. The maximum absolute atomic E-state index is 9.85. The molecule has 0 aromatic rings. The standard InChI is InChI=1S/C16H20N4O2/c1-4-6-11-14(3)21-12(7-5-2)16(10-19,13(20)22-14)15(11,8-17)9-18/h11-12,20H,4-7H2,1-3H3/t11-,12+,14+,16+/m0/s1. The minimum Gasteiger partial charge on any atom is -0.448 e. The monoisotopic (exact) mass is 300 g/mol. The van der Waals surface area contributed by atoms with Crippen molar-refractivity contribution in [2.45, 2.75) is 58.3 Å². The Morgan fingerprint density at radius 2 is 1.68 bits per heavy atom. The summed E-state index contributed by atoms with van der Waals surface area (Å²) in [5.74, 6) is -2.09. The summed E-state index contributed by atoms with van der Waals surface area (Å²) in [6, 6.07) is 6.24. The molecule has 0 saturated carbocycles. The molecule has 3 aliphatic heterocycles. The van der Waals surface area contributed by atoms with Gasteiger partial charge in [-0.25, -0.2) is 0 Å². The second kappa shape index (κ2) is 5.27. The van der Waals surface area contributed by atoms with Crippen LogP contribution in [0.15, 0.2) is 0 Å². The minimum atomic E-state index is -1.66. The van der Waals surface area contributed by atoms with Crippen LogP contribution in [0.1, 0.15) is 46.5 Å². The number of hydrogen-bond donors (Lipinski definition) is 1. The molecule has 3 aliphatic rings. The molecule has 4 atom stereocenters. The quantitative estimate of drug-likeness (QED) is 0.857. The van der Waals surface area contributed by atoms with Crippen molar-refractivity contribution in [3.05, 3.63) is 0 Å². The van der Waals surface area contributed by atoms with Gasteiger partial charge in [-0.1, -0.05) is 26.7 Å². The Morgan fingerprint density at radius 1 is 1.09 bits per heavy atom. The molecule has 3 heterocycles. The highest BCUT2D eigenvalue weighted by Gasteiger charge is 2.78. The molecule has 2 bridgehead atoms. The first-order chi connectivity index (χ1) is 10.4. The smallest absolute Gasteiger partial charge is 0.215 e. The lowest BCUT2D eigenvalue weighted by Crippen LogP contribution is -2.74. The Morgan fingerprint density at radius 3 is 2.14 bits per heavy atom. The summed E-state index contributed by atoms with van der Waals surface area (Å²) in [7, 11) is 0. The first kappa shape index (κ1) is 16.3. The van der Waals surface area contributed by atoms with Crippen LogP contribution in [0.2, 0.25) is 0 Å². The van der Waals surface area contributed by atoms with Gasteiger partial charge >= 0.3 is 0 Å². The lowest BCUT2D eigenvalue weighted by atomic mass is 9.50. The number of hydrogen-bond acceptors (Lipinski definition) is 6. The van der Waals surface area contributed by atoms with Gasteiger partial charge in [-0.3, -0.25) is 5.41 Å². The molecule has 0 spiro atoms. The molecule has 0 aromatic heterocycles. The van der Waals surface area contributed by atoms with E-state index in [4.69, 9.17) is 14.9 Å². The SMILES string of the molecule is CCC[C@@H]1C(C#N)(C#N)[C@@]2(C#N)C(=N)O[C@@]1(C)O[C@@H]2CCC. The van der Waals surface area contributed by atoms with Crippen LogP contribution in [0.25, 0.3) is 0 Å². The van der Waals surface area contributed by atoms with E-state index in [9.17, 15) is 15.8 Å². The molecular formula is C16H20N4O2. The fourth-order valence-electron chi connectivity index (χ4n) is 3.95. The lowest BCUT2D eigenvalue weighted by Gasteiger charge is -2.61. The zero-order valence-corrected chi connectivity index (χ0v) is 13.1. The second-order valence-electron chi connectivity index (χ2n) is 6.14. The van der Waals surface area contributed by atoms with Crippen LogP contribution in [-0.4, -0.2) is 17.8 Å². The molecule has 6 heteroatoms. The molecule has 3 rings (SSSR count). The van der Waals surface area contributed by atoms with Crippen LogP contribution in [0.4, 0.5) is 0 Å². The summed E-state index contributed by atoms with van der Waals surface area (Å²) in [6.07, 6.45) is 1.79. The summed E-state index contributed by atoms with van der Waals surface area (Å²) >= 11 is 0. The lowest BCUT2D eigenvalue weighted by molar-refractivity contribution is -0.340. The summed E-state index contributed by atoms with van der Waals surface area (Å²) in [5.41, 5.74) is -3.29. The van der Waals surface area contributed by atoms with Crippen molar-refractivity contribution in [3.8, 4) is 18.2 Å². The number of fused-ring (bicyclic) bond motifs is 3. The highest BCUT2D eigenvalue weighted by molar-refractivity contribution is 5.88. The van der Waals surface area contributed by atoms with Crippen molar-refractivity contribution in [2.75, 3.05) is 0 Å². The zero-order valence-electron chi connectivity index (χ0n) is 13.1. The van der Waals surface area contributed by atoms with E-state index in [2.05, 4.69) is 18.2 Å². The third-order valence-electron chi connectivity index (χ3n) is 4.96. The van der Waals surface area contributed by atoms with Gasteiger partial charge in [0.2, 0.25) is 11.7 Å². The van der Waals surface area contributed by atoms with Crippen molar-refractivity contribution in [1.29, 1.82) is 21.2 Å². The Balaban J connectivity index is 2.75. The van der Waals surface area contributed by atoms with Crippen LogP contribution in [0.3, 0.4) is 0 Å². The molecule has 1 N–H and O–H groups in total. The predicted molar refractivity (Wildman–Crippen MR) is 77.1 cm³/mol. The normalized spacial score (nSPS) is 38.5. The van der Waals surface area contributed by atoms with Gasteiger partial charge in [-0.2, -0.15) is 15.8 Å². The molecule has 6 nitrogen and oxygen atoms in total. The summed E-state index contributed by atoms with van der Waals surface area (Å²) in [5, 5.41) is 37.8. The Bertz CT molecular complexity index is 597. The highest BCUT2D eigenvalue weighted by atomic mass is 16.7. The zero-order chi connectivity index (χ0) is 16.6. The van der Waals surface area contributed by atoms with Crippen molar-refractivity contribution in [3.63, 3.8) is 0 Å². The van der Waals surface area contributed by atoms with Gasteiger partial charge in [-0.15, -0.1) is 0 Å². The van der Waals surface area contributed by atoms with E-state index in [0.717, 1.165) is 12.8 Å². The summed E-state index contributed by atoms with van der Waals surface area (Å²) in [6.45, 7) is 5.56. The number of nitriles is 3. The van der Waals surface area contributed by atoms with Crippen LogP contribution >= 0.6 is 0 Å². The maximum Gasteiger partial charge on any atom is 0.215 e. The van der Waals surface area contributed by atoms with Gasteiger partial charge in [0.25, 0.3) is 0 Å². The van der Waals surface area contributed by atoms with Gasteiger partial charge in [0.15, 0.2) is 10.8 Å². The molecule has 0 aliphatic carbocycles. The van der Waals surface area contributed by atoms with Crippen molar-refractivity contribution < 1.29 is 9.47 Å². The van der Waals surface area contributed by atoms with E-state index in [1.165, 1.54) is 0 Å². The van der Waals surface area contributed by atoms with Gasteiger partial charge in [-0.05, 0) is 12.8 Å². The van der Waals surface area contributed by atoms with E-state index < -0.39 is 28.6 Å². The molecule has 0 amide bonds. The topological polar surface area (TPSA) is 114 Å². The summed E-state index contributed by atoms with van der Waals surface area (Å²) in [4.78, 5) is 0. The van der Waals surface area contributed by atoms with E-state index in [1.807, 2.05) is 13.8 Å². The molecule has 3 saturated heterocycles. The first-order valence-electron chi connectivity index (χ1n) is 7.62. The fraction of sp³-hybridized carbons (Fsp3) is 0.750. The van der Waals surface area contributed by atoms with Crippen LogP contribution in [0.5, 0.6) is 0 Å². The van der Waals surface area contributed by atoms with Gasteiger partial charge in [0.05, 0.1) is 30.2 Å². The molecule has 22 heavy (non-hydrogen) atoms. The van der Waals surface area contributed by atoms with Crippen LogP contribution in [-0.2, 0) is 9.47 Å². The molecular weight excluding hydrogens is 280 g/mol. The van der Waals surface area contributed by atoms with Gasteiger partial charge < -0.3 is 9.47 Å². The number of nitrogens with one attached hydrogen (secondary N) is 1. The fourth-order valence-corrected chi connectivity index (χ4v) is 3.95.